The molecule has 154 valence electrons. The van der Waals surface area contributed by atoms with E-state index in [4.69, 9.17) is 10.5 Å². The van der Waals surface area contributed by atoms with Gasteiger partial charge < -0.3 is 10.5 Å². The number of amides is 3. The lowest BCUT2D eigenvalue weighted by Gasteiger charge is -2.11. The van der Waals surface area contributed by atoms with Crippen LogP contribution in [0, 0.1) is 6.92 Å². The van der Waals surface area contributed by atoms with E-state index in [1.54, 1.807) is 30.3 Å². The summed E-state index contributed by atoms with van der Waals surface area (Å²) in [6.45, 7) is 1.45. The zero-order valence-corrected chi connectivity index (χ0v) is 17.1. The quantitative estimate of drug-likeness (QED) is 0.653. The highest BCUT2D eigenvalue weighted by molar-refractivity contribution is 8.18. The van der Waals surface area contributed by atoms with Crippen LogP contribution in [0.1, 0.15) is 16.7 Å². The summed E-state index contributed by atoms with van der Waals surface area (Å²) >= 11 is 0.800. The van der Waals surface area contributed by atoms with Gasteiger partial charge in [0.1, 0.15) is 5.75 Å². The molecule has 0 unspecified atom stereocenters. The first-order valence-electron chi connectivity index (χ1n) is 9.15. The molecule has 1 aliphatic rings. The summed E-state index contributed by atoms with van der Waals surface area (Å²) < 4.78 is 5.18. The fraction of sp³-hybridized carbons (Fsp3) is 0.182. The molecule has 0 saturated carbocycles. The van der Waals surface area contributed by atoms with Crippen LogP contribution in [0.15, 0.2) is 53.4 Å². The molecule has 0 radical (unpaired) electrons. The SMILES string of the molecule is Cc1cccc(CC(=O)CN2C(=O)S/C(=C\c3ccc(OCC(N)=O)cc3)C2=O)c1. The number of ether oxygens (including phenoxy) is 1. The van der Waals surface area contributed by atoms with Crippen molar-refractivity contribution in [1.29, 1.82) is 0 Å². The molecule has 1 saturated heterocycles. The molecule has 3 rings (SSSR count). The Morgan fingerprint density at radius 2 is 1.87 bits per heavy atom. The van der Waals surface area contributed by atoms with Gasteiger partial charge in [-0.15, -0.1) is 0 Å². The molecule has 1 aliphatic heterocycles. The molecule has 1 fully saturated rings. The zero-order valence-electron chi connectivity index (χ0n) is 16.3. The van der Waals surface area contributed by atoms with Crippen molar-refractivity contribution < 1.29 is 23.9 Å². The summed E-state index contributed by atoms with van der Waals surface area (Å²) in [7, 11) is 0. The summed E-state index contributed by atoms with van der Waals surface area (Å²) in [6.07, 6.45) is 1.74. The molecule has 30 heavy (non-hydrogen) atoms. The Kier molecular flexibility index (Phi) is 6.68. The minimum atomic E-state index is -0.579. The first kappa shape index (κ1) is 21.3. The van der Waals surface area contributed by atoms with Crippen molar-refractivity contribution >= 4 is 40.7 Å². The molecule has 0 spiro atoms. The second kappa shape index (κ2) is 9.41. The molecule has 2 N–H and O–H groups in total. The Morgan fingerprint density at radius 1 is 1.13 bits per heavy atom. The minimum absolute atomic E-state index is 0.162. The molecule has 0 atom stereocenters. The van der Waals surface area contributed by atoms with Gasteiger partial charge in [0.2, 0.25) is 0 Å². The van der Waals surface area contributed by atoms with E-state index in [9.17, 15) is 19.2 Å². The number of ketones is 1. The summed E-state index contributed by atoms with van der Waals surface area (Å²) in [5.74, 6) is -0.817. The fourth-order valence-electron chi connectivity index (χ4n) is 2.88. The smallest absolute Gasteiger partial charge is 0.293 e. The molecule has 2 aromatic carbocycles. The highest BCUT2D eigenvalue weighted by Gasteiger charge is 2.36. The van der Waals surface area contributed by atoms with Crippen molar-refractivity contribution in [1.82, 2.24) is 4.90 Å². The molecule has 2 aromatic rings. The van der Waals surface area contributed by atoms with Gasteiger partial charge in [-0.3, -0.25) is 24.1 Å². The van der Waals surface area contributed by atoms with Gasteiger partial charge in [0, 0.05) is 6.42 Å². The lowest BCUT2D eigenvalue weighted by atomic mass is 10.1. The predicted octanol–water partition coefficient (Wildman–Crippen LogP) is 2.71. The average Bonchev–Trinajstić information content (AvgIpc) is 2.95. The van der Waals surface area contributed by atoms with Crippen LogP contribution in [0.5, 0.6) is 5.75 Å². The summed E-state index contributed by atoms with van der Waals surface area (Å²) in [6, 6.07) is 14.2. The van der Waals surface area contributed by atoms with E-state index in [0.29, 0.717) is 11.3 Å². The highest BCUT2D eigenvalue weighted by Crippen LogP contribution is 2.32. The second-order valence-electron chi connectivity index (χ2n) is 6.80. The zero-order chi connectivity index (χ0) is 21.7. The van der Waals surface area contributed by atoms with Crippen LogP contribution in [-0.2, 0) is 20.8 Å². The van der Waals surface area contributed by atoms with Crippen molar-refractivity contribution in [3.63, 3.8) is 0 Å². The molecule has 8 heteroatoms. The fourth-order valence-corrected chi connectivity index (χ4v) is 3.72. The standard InChI is InChI=1S/C22H20N2O5S/c1-14-3-2-4-16(9-14)10-17(25)12-24-21(27)19(30-22(24)28)11-15-5-7-18(8-6-15)29-13-20(23)26/h2-9,11H,10,12-13H2,1H3,(H2,23,26)/b19-11-. The van der Waals surface area contributed by atoms with Crippen LogP contribution < -0.4 is 10.5 Å². The van der Waals surface area contributed by atoms with Crippen molar-refractivity contribution in [2.24, 2.45) is 5.73 Å². The van der Waals surface area contributed by atoms with E-state index >= 15 is 0 Å². The number of nitrogens with zero attached hydrogens (tertiary/aromatic N) is 1. The number of hydrogen-bond acceptors (Lipinski definition) is 6. The number of carbonyl (C=O) groups excluding carboxylic acids is 4. The summed E-state index contributed by atoms with van der Waals surface area (Å²) in [5, 5.41) is -0.467. The van der Waals surface area contributed by atoms with Gasteiger partial charge in [0.15, 0.2) is 12.4 Å². The third kappa shape index (κ3) is 5.57. The van der Waals surface area contributed by atoms with E-state index < -0.39 is 17.1 Å². The maximum atomic E-state index is 12.6. The van der Waals surface area contributed by atoms with Crippen molar-refractivity contribution in [2.45, 2.75) is 13.3 Å². The van der Waals surface area contributed by atoms with E-state index in [1.165, 1.54) is 0 Å². The van der Waals surface area contributed by atoms with Gasteiger partial charge in [0.25, 0.3) is 17.1 Å². The third-order valence-electron chi connectivity index (χ3n) is 4.25. The lowest BCUT2D eigenvalue weighted by molar-refractivity contribution is -0.128. The Hall–Kier alpha value is -3.39. The number of hydrogen-bond donors (Lipinski definition) is 1. The molecule has 1 heterocycles. The molecule has 7 nitrogen and oxygen atoms in total. The van der Waals surface area contributed by atoms with Gasteiger partial charge in [-0.1, -0.05) is 42.0 Å². The number of primary amides is 1. The van der Waals surface area contributed by atoms with E-state index in [-0.39, 0.29) is 30.3 Å². The Labute approximate surface area is 177 Å². The normalized spacial score (nSPS) is 15.0. The molecular formula is C22H20N2O5S. The number of thioether (sulfide) groups is 1. The van der Waals surface area contributed by atoms with Gasteiger partial charge in [-0.05, 0) is 48.0 Å². The minimum Gasteiger partial charge on any atom is -0.484 e. The molecular weight excluding hydrogens is 404 g/mol. The number of rotatable bonds is 8. The second-order valence-corrected chi connectivity index (χ2v) is 7.79. The first-order valence-corrected chi connectivity index (χ1v) is 9.97. The average molecular weight is 424 g/mol. The monoisotopic (exact) mass is 424 g/mol. The Bertz CT molecular complexity index is 1030. The van der Waals surface area contributed by atoms with Gasteiger partial charge in [-0.25, -0.2) is 0 Å². The maximum absolute atomic E-state index is 12.6. The Morgan fingerprint density at radius 3 is 2.53 bits per heavy atom. The van der Waals surface area contributed by atoms with Gasteiger partial charge >= 0.3 is 0 Å². The maximum Gasteiger partial charge on any atom is 0.293 e. The van der Waals surface area contributed by atoms with E-state index in [2.05, 4.69) is 0 Å². The van der Waals surface area contributed by atoms with Gasteiger partial charge in [0.05, 0.1) is 11.4 Å². The first-order chi connectivity index (χ1) is 14.3. The highest BCUT2D eigenvalue weighted by atomic mass is 32.2. The number of benzene rings is 2. The third-order valence-corrected chi connectivity index (χ3v) is 5.16. The van der Waals surface area contributed by atoms with E-state index in [0.717, 1.165) is 27.8 Å². The van der Waals surface area contributed by atoms with Crippen molar-refractivity contribution in [2.75, 3.05) is 13.2 Å². The largest absolute Gasteiger partial charge is 0.484 e. The van der Waals surface area contributed by atoms with Crippen LogP contribution in [0.25, 0.3) is 6.08 Å². The van der Waals surface area contributed by atoms with Crippen molar-refractivity contribution in [3.05, 3.63) is 70.1 Å². The number of nitrogens with two attached hydrogens (primary N) is 1. The van der Waals surface area contributed by atoms with Crippen LogP contribution in [0.2, 0.25) is 0 Å². The number of imide groups is 1. The van der Waals surface area contributed by atoms with Crippen molar-refractivity contribution in [3.8, 4) is 5.75 Å². The number of Topliss-reactive ketones (excluding diaryl/α,β-unsaturated/α-hetero) is 1. The summed E-state index contributed by atoms with van der Waals surface area (Å²) in [4.78, 5) is 49.2. The Balaban J connectivity index is 1.63. The van der Waals surface area contributed by atoms with Crippen LogP contribution >= 0.6 is 11.8 Å². The molecule has 0 aromatic heterocycles. The van der Waals surface area contributed by atoms with Crippen LogP contribution in [0.4, 0.5) is 4.79 Å². The summed E-state index contributed by atoms with van der Waals surface area (Å²) in [5.41, 5.74) is 7.60. The molecule has 0 aliphatic carbocycles. The van der Waals surface area contributed by atoms with E-state index in [1.807, 2.05) is 31.2 Å². The lowest BCUT2D eigenvalue weighted by Crippen LogP contribution is -2.34. The predicted molar refractivity (Wildman–Crippen MR) is 114 cm³/mol. The van der Waals surface area contributed by atoms with Crippen LogP contribution in [-0.4, -0.2) is 40.9 Å². The number of aryl methyl sites for hydroxylation is 1. The van der Waals surface area contributed by atoms with Gasteiger partial charge in [-0.2, -0.15) is 0 Å². The number of carbonyl (C=O) groups is 4. The molecule has 0 bridgehead atoms. The topological polar surface area (TPSA) is 107 Å². The molecule has 3 amide bonds. The van der Waals surface area contributed by atoms with Crippen LogP contribution in [0.3, 0.4) is 0 Å².